The Balaban J connectivity index is 2.23. The highest BCUT2D eigenvalue weighted by Crippen LogP contribution is 2.21. The molecule has 0 fully saturated rings. The van der Waals surface area contributed by atoms with Crippen molar-refractivity contribution in [2.45, 2.75) is 71.3 Å². The fourth-order valence-corrected chi connectivity index (χ4v) is 2.34. The van der Waals surface area contributed by atoms with E-state index < -0.39 is 0 Å². The first kappa shape index (κ1) is 17.0. The molecule has 0 heterocycles. The van der Waals surface area contributed by atoms with E-state index in [1.165, 1.54) is 44.1 Å². The molecule has 1 rings (SSSR count). The summed E-state index contributed by atoms with van der Waals surface area (Å²) in [4.78, 5) is 0. The summed E-state index contributed by atoms with van der Waals surface area (Å²) in [5.74, 6) is 0.947. The summed E-state index contributed by atoms with van der Waals surface area (Å²) in [6, 6.07) is 8.44. The van der Waals surface area contributed by atoms with Crippen molar-refractivity contribution in [1.82, 2.24) is 0 Å². The van der Waals surface area contributed by atoms with Crippen LogP contribution < -0.4 is 10.5 Å². The third kappa shape index (κ3) is 6.95. The van der Waals surface area contributed by atoms with Gasteiger partial charge in [0.1, 0.15) is 5.75 Å². The molecule has 0 spiro atoms. The summed E-state index contributed by atoms with van der Waals surface area (Å²) < 4.78 is 5.59. The van der Waals surface area contributed by atoms with E-state index in [-0.39, 0.29) is 6.04 Å². The highest BCUT2D eigenvalue weighted by Gasteiger charge is 2.05. The van der Waals surface area contributed by atoms with E-state index >= 15 is 0 Å². The van der Waals surface area contributed by atoms with Crippen molar-refractivity contribution >= 4 is 0 Å². The molecule has 1 aromatic carbocycles. The van der Waals surface area contributed by atoms with Gasteiger partial charge >= 0.3 is 0 Å². The van der Waals surface area contributed by atoms with Crippen LogP contribution in [0.5, 0.6) is 5.75 Å². The number of benzene rings is 1. The summed E-state index contributed by atoms with van der Waals surface area (Å²) in [6.45, 7) is 5.15. The largest absolute Gasteiger partial charge is 0.494 e. The minimum atomic E-state index is 0.168. The normalized spacial score (nSPS) is 12.3. The van der Waals surface area contributed by atoms with Crippen LogP contribution in [-0.4, -0.2) is 6.61 Å². The van der Waals surface area contributed by atoms with Crippen molar-refractivity contribution < 1.29 is 4.74 Å². The fraction of sp³-hybridized carbons (Fsp3) is 0.667. The zero-order valence-electron chi connectivity index (χ0n) is 13.2. The monoisotopic (exact) mass is 277 g/mol. The molecule has 0 bridgehead atoms. The molecule has 2 nitrogen and oxygen atoms in total. The van der Waals surface area contributed by atoms with E-state index in [1.807, 2.05) is 12.1 Å². The molecular weight excluding hydrogens is 246 g/mol. The predicted molar refractivity (Wildman–Crippen MR) is 87.1 cm³/mol. The highest BCUT2D eigenvalue weighted by molar-refractivity contribution is 5.28. The summed E-state index contributed by atoms with van der Waals surface area (Å²) in [6.07, 6.45) is 10.1. The van der Waals surface area contributed by atoms with Gasteiger partial charge in [-0.15, -0.1) is 0 Å². The summed E-state index contributed by atoms with van der Waals surface area (Å²) in [5, 5.41) is 0. The van der Waals surface area contributed by atoms with Gasteiger partial charge in [-0.05, 0) is 30.5 Å². The van der Waals surface area contributed by atoms with Gasteiger partial charge in [-0.1, -0.05) is 64.5 Å². The molecule has 2 heteroatoms. The number of ether oxygens (including phenoxy) is 1. The summed E-state index contributed by atoms with van der Waals surface area (Å²) in [7, 11) is 0. The van der Waals surface area contributed by atoms with Crippen molar-refractivity contribution in [3.8, 4) is 5.75 Å². The van der Waals surface area contributed by atoms with Gasteiger partial charge < -0.3 is 10.5 Å². The fourth-order valence-electron chi connectivity index (χ4n) is 2.34. The van der Waals surface area contributed by atoms with Gasteiger partial charge in [0.15, 0.2) is 0 Å². The van der Waals surface area contributed by atoms with Crippen LogP contribution in [0.4, 0.5) is 0 Å². The second-order valence-corrected chi connectivity index (χ2v) is 5.58. The highest BCUT2D eigenvalue weighted by atomic mass is 16.5. The topological polar surface area (TPSA) is 35.2 Å². The van der Waals surface area contributed by atoms with Gasteiger partial charge in [0.2, 0.25) is 0 Å². The van der Waals surface area contributed by atoms with E-state index in [1.54, 1.807) is 0 Å². The molecule has 114 valence electrons. The van der Waals surface area contributed by atoms with Crippen molar-refractivity contribution in [1.29, 1.82) is 0 Å². The summed E-state index contributed by atoms with van der Waals surface area (Å²) >= 11 is 0. The van der Waals surface area contributed by atoms with Crippen molar-refractivity contribution in [3.63, 3.8) is 0 Å². The molecule has 2 N–H and O–H groups in total. The van der Waals surface area contributed by atoms with E-state index in [9.17, 15) is 0 Å². The lowest BCUT2D eigenvalue weighted by Crippen LogP contribution is -2.10. The average molecular weight is 277 g/mol. The maximum Gasteiger partial charge on any atom is 0.119 e. The lowest BCUT2D eigenvalue weighted by molar-refractivity contribution is 0.317. The quantitative estimate of drug-likeness (QED) is 0.562. The molecule has 1 unspecified atom stereocenters. The first-order valence-corrected chi connectivity index (χ1v) is 8.26. The smallest absolute Gasteiger partial charge is 0.119 e. The molecule has 0 aliphatic carbocycles. The molecule has 0 aliphatic heterocycles. The second kappa shape index (κ2) is 10.7. The maximum absolute atomic E-state index is 6.25. The van der Waals surface area contributed by atoms with Crippen molar-refractivity contribution in [3.05, 3.63) is 29.8 Å². The predicted octanol–water partition coefficient (Wildman–Crippen LogP) is 5.23. The maximum atomic E-state index is 6.25. The number of rotatable bonds is 11. The zero-order chi connectivity index (χ0) is 14.6. The van der Waals surface area contributed by atoms with E-state index in [0.717, 1.165) is 25.2 Å². The van der Waals surface area contributed by atoms with Crippen LogP contribution in [0.2, 0.25) is 0 Å². The molecule has 0 saturated carbocycles. The Hall–Kier alpha value is -1.02. The molecule has 20 heavy (non-hydrogen) atoms. The van der Waals surface area contributed by atoms with Crippen LogP contribution in [-0.2, 0) is 0 Å². The van der Waals surface area contributed by atoms with Gasteiger partial charge in [-0.2, -0.15) is 0 Å². The van der Waals surface area contributed by atoms with Crippen molar-refractivity contribution in [2.24, 2.45) is 5.73 Å². The Bertz CT molecular complexity index is 334. The van der Waals surface area contributed by atoms with Crippen LogP contribution in [0.3, 0.4) is 0 Å². The SMILES string of the molecule is CCCCCCCCC(N)c1ccc(OCCC)cc1. The van der Waals surface area contributed by atoms with Crippen molar-refractivity contribution in [2.75, 3.05) is 6.61 Å². The Morgan fingerprint density at radius 1 is 0.900 bits per heavy atom. The standard InChI is InChI=1S/C18H31NO/c1-3-5-6-7-8-9-10-18(19)16-11-13-17(14-12-16)20-15-4-2/h11-14,18H,3-10,15,19H2,1-2H3. The first-order valence-electron chi connectivity index (χ1n) is 8.26. The Kier molecular flexibility index (Phi) is 9.14. The van der Waals surface area contributed by atoms with Gasteiger partial charge in [-0.25, -0.2) is 0 Å². The molecule has 0 aliphatic rings. The van der Waals surface area contributed by atoms with E-state index in [0.29, 0.717) is 0 Å². The van der Waals surface area contributed by atoms with E-state index in [4.69, 9.17) is 10.5 Å². The minimum absolute atomic E-state index is 0.168. The number of nitrogens with two attached hydrogens (primary N) is 1. The lowest BCUT2D eigenvalue weighted by atomic mass is 10.0. The van der Waals surface area contributed by atoms with Gasteiger partial charge in [0.05, 0.1) is 6.61 Å². The summed E-state index contributed by atoms with van der Waals surface area (Å²) in [5.41, 5.74) is 7.47. The number of hydrogen-bond acceptors (Lipinski definition) is 2. The van der Waals surface area contributed by atoms with Gasteiger partial charge in [-0.3, -0.25) is 0 Å². The average Bonchev–Trinajstić information content (AvgIpc) is 2.49. The first-order chi connectivity index (χ1) is 9.77. The van der Waals surface area contributed by atoms with Gasteiger partial charge in [0.25, 0.3) is 0 Å². The van der Waals surface area contributed by atoms with Gasteiger partial charge in [0, 0.05) is 6.04 Å². The number of hydrogen-bond donors (Lipinski definition) is 1. The lowest BCUT2D eigenvalue weighted by Gasteiger charge is -2.13. The van der Waals surface area contributed by atoms with Crippen LogP contribution in [0, 0.1) is 0 Å². The van der Waals surface area contributed by atoms with Crippen LogP contribution in [0.15, 0.2) is 24.3 Å². The third-order valence-electron chi connectivity index (χ3n) is 3.65. The molecule has 1 atom stereocenters. The Labute approximate surface area is 124 Å². The van der Waals surface area contributed by atoms with Crippen LogP contribution in [0.25, 0.3) is 0 Å². The molecule has 0 radical (unpaired) electrons. The zero-order valence-corrected chi connectivity index (χ0v) is 13.2. The molecular formula is C18H31NO. The van der Waals surface area contributed by atoms with Crippen LogP contribution in [0.1, 0.15) is 76.8 Å². The molecule has 0 amide bonds. The Morgan fingerprint density at radius 3 is 2.20 bits per heavy atom. The molecule has 0 saturated heterocycles. The minimum Gasteiger partial charge on any atom is -0.494 e. The Morgan fingerprint density at radius 2 is 1.55 bits per heavy atom. The third-order valence-corrected chi connectivity index (χ3v) is 3.65. The molecule has 0 aromatic heterocycles. The number of unbranched alkanes of at least 4 members (excludes halogenated alkanes) is 5. The van der Waals surface area contributed by atoms with E-state index in [2.05, 4.69) is 26.0 Å². The van der Waals surface area contributed by atoms with Crippen LogP contribution >= 0.6 is 0 Å². The molecule has 1 aromatic rings. The second-order valence-electron chi connectivity index (χ2n) is 5.58.